The molecule has 1 aliphatic heterocycles. The number of guanidine groups is 1. The molecule has 2 rings (SSSR count). The molecule has 0 spiro atoms. The first-order valence-electron chi connectivity index (χ1n) is 8.87. The number of hydrogen-bond acceptors (Lipinski definition) is 4. The van der Waals surface area contributed by atoms with E-state index in [2.05, 4.69) is 20.3 Å². The number of hydrogen-bond donors (Lipinski definition) is 1. The van der Waals surface area contributed by atoms with Crippen molar-refractivity contribution < 1.29 is 9.47 Å². The number of likely N-dealkylation sites (tertiary alicyclic amines) is 1. The maximum absolute atomic E-state index is 5.91. The Morgan fingerprint density at radius 3 is 2.72 bits per heavy atom. The number of methoxy groups -OCH3 is 1. The lowest BCUT2D eigenvalue weighted by Gasteiger charge is -2.34. The second-order valence-electron chi connectivity index (χ2n) is 6.00. The van der Waals surface area contributed by atoms with E-state index >= 15 is 0 Å². The minimum atomic E-state index is 0. The van der Waals surface area contributed by atoms with Crippen molar-refractivity contribution in [3.8, 4) is 0 Å². The normalized spacial score (nSPS) is 15.9. The molecule has 0 aromatic carbocycles. The minimum absolute atomic E-state index is 0. The van der Waals surface area contributed by atoms with E-state index in [9.17, 15) is 0 Å². The largest absolute Gasteiger partial charge is 0.385 e. The average Bonchev–Trinajstić information content (AvgIpc) is 3.13. The van der Waals surface area contributed by atoms with Gasteiger partial charge >= 0.3 is 0 Å². The van der Waals surface area contributed by atoms with Crippen molar-refractivity contribution in [3.05, 3.63) is 18.5 Å². The van der Waals surface area contributed by atoms with Gasteiger partial charge in [-0.1, -0.05) is 0 Å². The fourth-order valence-corrected chi connectivity index (χ4v) is 2.89. The van der Waals surface area contributed by atoms with E-state index in [1.165, 1.54) is 0 Å². The van der Waals surface area contributed by atoms with E-state index in [0.29, 0.717) is 6.10 Å². The number of aromatic nitrogens is 2. The van der Waals surface area contributed by atoms with Crippen molar-refractivity contribution >= 4 is 29.9 Å². The minimum Gasteiger partial charge on any atom is -0.385 e. The van der Waals surface area contributed by atoms with Crippen LogP contribution in [0.1, 0.15) is 25.7 Å². The molecule has 2 heterocycles. The highest BCUT2D eigenvalue weighted by molar-refractivity contribution is 14.0. The Hall–Kier alpha value is -0.870. The Bertz CT molecular complexity index is 462. The molecule has 1 aliphatic rings. The van der Waals surface area contributed by atoms with Crippen LogP contribution in [0.5, 0.6) is 0 Å². The SMILES string of the molecule is CN=C(NCCCn1cccn1)N1CCC(OCCCOC)CC1.I. The number of ether oxygens (including phenoxy) is 2. The van der Waals surface area contributed by atoms with Crippen LogP contribution in [-0.2, 0) is 16.0 Å². The Kier molecular flexibility index (Phi) is 11.8. The summed E-state index contributed by atoms with van der Waals surface area (Å²) < 4.78 is 12.9. The van der Waals surface area contributed by atoms with Crippen LogP contribution in [-0.4, -0.2) is 73.7 Å². The number of aliphatic imine (C=N–C) groups is 1. The lowest BCUT2D eigenvalue weighted by molar-refractivity contribution is 0.00991. The third-order valence-electron chi connectivity index (χ3n) is 4.21. The third kappa shape index (κ3) is 8.37. The number of piperidine rings is 1. The number of aryl methyl sites for hydroxylation is 1. The molecular weight excluding hydrogens is 433 g/mol. The van der Waals surface area contributed by atoms with Crippen LogP contribution in [0.4, 0.5) is 0 Å². The quantitative estimate of drug-likeness (QED) is 0.262. The molecule has 1 N–H and O–H groups in total. The fraction of sp³-hybridized carbons (Fsp3) is 0.765. The van der Waals surface area contributed by atoms with Crippen LogP contribution >= 0.6 is 24.0 Å². The molecule has 0 radical (unpaired) electrons. The van der Waals surface area contributed by atoms with Crippen LogP contribution in [0.3, 0.4) is 0 Å². The molecule has 0 aliphatic carbocycles. The van der Waals surface area contributed by atoms with Gasteiger partial charge in [0.05, 0.1) is 6.10 Å². The molecule has 8 heteroatoms. The summed E-state index contributed by atoms with van der Waals surface area (Å²) in [6.45, 7) is 5.38. The van der Waals surface area contributed by atoms with E-state index in [0.717, 1.165) is 71.0 Å². The summed E-state index contributed by atoms with van der Waals surface area (Å²) in [5, 5.41) is 7.67. The van der Waals surface area contributed by atoms with E-state index < -0.39 is 0 Å². The first-order valence-corrected chi connectivity index (χ1v) is 8.87. The molecule has 7 nitrogen and oxygen atoms in total. The summed E-state index contributed by atoms with van der Waals surface area (Å²) in [5.41, 5.74) is 0. The number of halogens is 1. The van der Waals surface area contributed by atoms with Crippen LogP contribution < -0.4 is 5.32 Å². The van der Waals surface area contributed by atoms with Crippen molar-refractivity contribution in [3.63, 3.8) is 0 Å². The van der Waals surface area contributed by atoms with Crippen LogP contribution in [0.25, 0.3) is 0 Å². The van der Waals surface area contributed by atoms with Gasteiger partial charge in [0.2, 0.25) is 0 Å². The van der Waals surface area contributed by atoms with Gasteiger partial charge in [-0.3, -0.25) is 9.67 Å². The van der Waals surface area contributed by atoms with Gasteiger partial charge in [-0.05, 0) is 31.7 Å². The summed E-state index contributed by atoms with van der Waals surface area (Å²) in [6, 6.07) is 1.95. The van der Waals surface area contributed by atoms with Crippen LogP contribution in [0.15, 0.2) is 23.5 Å². The van der Waals surface area contributed by atoms with Gasteiger partial charge in [0.15, 0.2) is 5.96 Å². The van der Waals surface area contributed by atoms with E-state index in [4.69, 9.17) is 9.47 Å². The van der Waals surface area contributed by atoms with Crippen molar-refractivity contribution in [2.45, 2.75) is 38.3 Å². The molecule has 0 amide bonds. The van der Waals surface area contributed by atoms with Gasteiger partial charge < -0.3 is 19.7 Å². The molecule has 0 unspecified atom stereocenters. The summed E-state index contributed by atoms with van der Waals surface area (Å²) in [6.07, 6.45) is 8.29. The topological polar surface area (TPSA) is 63.9 Å². The molecule has 0 bridgehead atoms. The lowest BCUT2D eigenvalue weighted by atomic mass is 10.1. The van der Waals surface area contributed by atoms with Crippen molar-refractivity contribution in [1.29, 1.82) is 0 Å². The maximum atomic E-state index is 5.91. The maximum Gasteiger partial charge on any atom is 0.193 e. The molecule has 0 saturated carbocycles. The lowest BCUT2D eigenvalue weighted by Crippen LogP contribution is -2.47. The zero-order chi connectivity index (χ0) is 17.0. The van der Waals surface area contributed by atoms with Gasteiger partial charge in [-0.2, -0.15) is 5.10 Å². The molecule has 1 saturated heterocycles. The van der Waals surface area contributed by atoms with Gasteiger partial charge in [0.1, 0.15) is 0 Å². The first kappa shape index (κ1) is 22.2. The zero-order valence-electron chi connectivity index (χ0n) is 15.4. The standard InChI is InChI=1S/C17H31N5O2.HI/c1-18-17(19-8-3-10-22-11-4-9-20-22)21-12-6-16(7-13-21)24-15-5-14-23-2;/h4,9,11,16H,3,5-8,10,12-15H2,1-2H3,(H,18,19);1H. The predicted molar refractivity (Wildman–Crippen MR) is 111 cm³/mol. The monoisotopic (exact) mass is 465 g/mol. The second kappa shape index (κ2) is 13.3. The summed E-state index contributed by atoms with van der Waals surface area (Å²) in [5.74, 6) is 0.994. The molecular formula is C17H32IN5O2. The van der Waals surface area contributed by atoms with Gasteiger partial charge in [0, 0.05) is 65.9 Å². The molecule has 144 valence electrons. The number of nitrogens with one attached hydrogen (secondary N) is 1. The third-order valence-corrected chi connectivity index (χ3v) is 4.21. The summed E-state index contributed by atoms with van der Waals surface area (Å²) >= 11 is 0. The smallest absolute Gasteiger partial charge is 0.193 e. The van der Waals surface area contributed by atoms with Crippen LogP contribution in [0.2, 0.25) is 0 Å². The summed E-state index contributed by atoms with van der Waals surface area (Å²) in [7, 11) is 3.58. The highest BCUT2D eigenvalue weighted by atomic mass is 127. The number of nitrogens with zero attached hydrogens (tertiary/aromatic N) is 4. The molecule has 1 aromatic rings. The fourth-order valence-electron chi connectivity index (χ4n) is 2.89. The Balaban J connectivity index is 0.00000312. The average molecular weight is 465 g/mol. The highest BCUT2D eigenvalue weighted by Gasteiger charge is 2.21. The van der Waals surface area contributed by atoms with Crippen molar-refractivity contribution in [2.24, 2.45) is 4.99 Å². The Morgan fingerprint density at radius 2 is 2.08 bits per heavy atom. The first-order chi connectivity index (χ1) is 11.8. The van der Waals surface area contributed by atoms with Gasteiger partial charge in [0.25, 0.3) is 0 Å². The second-order valence-corrected chi connectivity index (χ2v) is 6.00. The molecule has 0 atom stereocenters. The van der Waals surface area contributed by atoms with E-state index in [-0.39, 0.29) is 24.0 Å². The molecule has 25 heavy (non-hydrogen) atoms. The van der Waals surface area contributed by atoms with Crippen LogP contribution in [0, 0.1) is 0 Å². The zero-order valence-corrected chi connectivity index (χ0v) is 17.7. The van der Waals surface area contributed by atoms with E-state index in [1.807, 2.05) is 30.2 Å². The summed E-state index contributed by atoms with van der Waals surface area (Å²) in [4.78, 5) is 6.73. The number of rotatable bonds is 9. The molecule has 1 aromatic heterocycles. The highest BCUT2D eigenvalue weighted by Crippen LogP contribution is 2.14. The predicted octanol–water partition coefficient (Wildman–Crippen LogP) is 1.98. The van der Waals surface area contributed by atoms with Gasteiger partial charge in [-0.15, -0.1) is 24.0 Å². The van der Waals surface area contributed by atoms with E-state index in [1.54, 1.807) is 7.11 Å². The Morgan fingerprint density at radius 1 is 1.28 bits per heavy atom. The van der Waals surface area contributed by atoms with Gasteiger partial charge in [-0.25, -0.2) is 0 Å². The van der Waals surface area contributed by atoms with Crippen molar-refractivity contribution in [1.82, 2.24) is 20.0 Å². The molecule has 1 fully saturated rings. The Labute approximate surface area is 168 Å². The van der Waals surface area contributed by atoms with Crippen molar-refractivity contribution in [2.75, 3.05) is 47.0 Å².